The van der Waals surface area contributed by atoms with Crippen molar-refractivity contribution in [1.29, 1.82) is 0 Å². The molecule has 0 aliphatic rings. The summed E-state index contributed by atoms with van der Waals surface area (Å²) in [7, 11) is -2.91. The first-order valence-electron chi connectivity index (χ1n) is 6.44. The predicted molar refractivity (Wildman–Crippen MR) is 72.1 cm³/mol. The standard InChI is InChI=1S/C12H27NO3S/c1-5-12(4)17(14,15)10-8-13-7-6-9-16-11(2)3/h11-13H,5-10H2,1-4H3. The highest BCUT2D eigenvalue weighted by Gasteiger charge is 2.17. The summed E-state index contributed by atoms with van der Waals surface area (Å²) < 4.78 is 28.7. The fourth-order valence-corrected chi connectivity index (χ4v) is 2.65. The van der Waals surface area contributed by atoms with E-state index in [1.54, 1.807) is 6.92 Å². The fraction of sp³-hybridized carbons (Fsp3) is 1.00. The summed E-state index contributed by atoms with van der Waals surface area (Å²) in [5, 5.41) is 2.91. The molecule has 0 bridgehead atoms. The molecular formula is C12H27NO3S. The third-order valence-corrected chi connectivity index (χ3v) is 5.03. The van der Waals surface area contributed by atoms with Gasteiger partial charge in [0.2, 0.25) is 0 Å². The molecule has 0 rings (SSSR count). The molecule has 0 aliphatic carbocycles. The third-order valence-electron chi connectivity index (χ3n) is 2.70. The van der Waals surface area contributed by atoms with E-state index in [4.69, 9.17) is 4.74 Å². The number of sulfone groups is 1. The van der Waals surface area contributed by atoms with Gasteiger partial charge in [0.05, 0.1) is 17.1 Å². The van der Waals surface area contributed by atoms with Crippen molar-refractivity contribution in [3.63, 3.8) is 0 Å². The van der Waals surface area contributed by atoms with Gasteiger partial charge in [0, 0.05) is 13.2 Å². The van der Waals surface area contributed by atoms with Crippen LogP contribution in [0.15, 0.2) is 0 Å². The zero-order valence-electron chi connectivity index (χ0n) is 11.5. The number of ether oxygens (including phenoxy) is 1. The zero-order chi connectivity index (χ0) is 13.3. The molecule has 1 unspecified atom stereocenters. The molecule has 0 saturated carbocycles. The molecule has 0 radical (unpaired) electrons. The van der Waals surface area contributed by atoms with Crippen LogP contribution in [0.5, 0.6) is 0 Å². The molecule has 0 heterocycles. The van der Waals surface area contributed by atoms with Gasteiger partial charge in [0.25, 0.3) is 0 Å². The maximum Gasteiger partial charge on any atom is 0.154 e. The zero-order valence-corrected chi connectivity index (χ0v) is 12.3. The van der Waals surface area contributed by atoms with E-state index in [1.165, 1.54) is 0 Å². The Morgan fingerprint density at radius 3 is 2.35 bits per heavy atom. The molecule has 1 N–H and O–H groups in total. The highest BCUT2D eigenvalue weighted by Crippen LogP contribution is 2.04. The van der Waals surface area contributed by atoms with Crippen molar-refractivity contribution in [2.75, 3.05) is 25.4 Å². The van der Waals surface area contributed by atoms with E-state index in [0.29, 0.717) is 13.0 Å². The molecule has 4 nitrogen and oxygen atoms in total. The summed E-state index contributed by atoms with van der Waals surface area (Å²) in [6.45, 7) is 9.75. The lowest BCUT2D eigenvalue weighted by atomic mass is 10.4. The Bertz CT molecular complexity index is 275. The summed E-state index contributed by atoms with van der Waals surface area (Å²) in [4.78, 5) is 0. The molecule has 0 amide bonds. The molecule has 5 heteroatoms. The monoisotopic (exact) mass is 265 g/mol. The maximum atomic E-state index is 11.7. The molecule has 0 aliphatic heterocycles. The van der Waals surface area contributed by atoms with Gasteiger partial charge in [-0.2, -0.15) is 0 Å². The Kier molecular flexibility index (Phi) is 8.82. The predicted octanol–water partition coefficient (Wildman–Crippen LogP) is 1.60. The van der Waals surface area contributed by atoms with Gasteiger partial charge in [-0.15, -0.1) is 0 Å². The summed E-state index contributed by atoms with van der Waals surface area (Å²) in [6.07, 6.45) is 1.87. The topological polar surface area (TPSA) is 55.4 Å². The molecule has 0 aromatic heterocycles. The minimum atomic E-state index is -2.91. The van der Waals surface area contributed by atoms with Crippen LogP contribution in [0.1, 0.15) is 40.5 Å². The Labute approximate surface area is 106 Å². The van der Waals surface area contributed by atoms with Crippen LogP contribution in [-0.4, -0.2) is 45.2 Å². The van der Waals surface area contributed by atoms with Gasteiger partial charge < -0.3 is 10.1 Å². The maximum absolute atomic E-state index is 11.7. The van der Waals surface area contributed by atoms with Gasteiger partial charge in [0.15, 0.2) is 9.84 Å². The minimum absolute atomic E-state index is 0.228. The first-order valence-corrected chi connectivity index (χ1v) is 8.15. The van der Waals surface area contributed by atoms with Crippen molar-refractivity contribution >= 4 is 9.84 Å². The lowest BCUT2D eigenvalue weighted by Gasteiger charge is -2.11. The highest BCUT2D eigenvalue weighted by molar-refractivity contribution is 7.92. The van der Waals surface area contributed by atoms with Crippen LogP contribution >= 0.6 is 0 Å². The van der Waals surface area contributed by atoms with Crippen LogP contribution in [0.25, 0.3) is 0 Å². The van der Waals surface area contributed by atoms with E-state index in [-0.39, 0.29) is 17.1 Å². The van der Waals surface area contributed by atoms with Crippen LogP contribution < -0.4 is 5.32 Å². The Hall–Kier alpha value is -0.130. The molecule has 0 aromatic rings. The summed E-state index contributed by atoms with van der Waals surface area (Å²) >= 11 is 0. The quantitative estimate of drug-likeness (QED) is 0.610. The minimum Gasteiger partial charge on any atom is -0.379 e. The second kappa shape index (κ2) is 8.89. The number of rotatable bonds is 10. The van der Waals surface area contributed by atoms with E-state index in [0.717, 1.165) is 19.6 Å². The number of hydrogen-bond acceptors (Lipinski definition) is 4. The molecule has 0 spiro atoms. The highest BCUT2D eigenvalue weighted by atomic mass is 32.2. The Balaban J connectivity index is 3.52. The van der Waals surface area contributed by atoms with E-state index >= 15 is 0 Å². The molecule has 104 valence electrons. The van der Waals surface area contributed by atoms with Gasteiger partial charge in [-0.05, 0) is 40.2 Å². The lowest BCUT2D eigenvalue weighted by molar-refractivity contribution is 0.0772. The second-order valence-electron chi connectivity index (χ2n) is 4.61. The Morgan fingerprint density at radius 2 is 1.82 bits per heavy atom. The van der Waals surface area contributed by atoms with Crippen molar-refractivity contribution in [1.82, 2.24) is 5.32 Å². The first-order chi connectivity index (χ1) is 7.90. The normalized spacial score (nSPS) is 14.2. The van der Waals surface area contributed by atoms with Crippen LogP contribution in [0.3, 0.4) is 0 Å². The van der Waals surface area contributed by atoms with Gasteiger partial charge in [-0.25, -0.2) is 8.42 Å². The van der Waals surface area contributed by atoms with Crippen LogP contribution in [0.4, 0.5) is 0 Å². The van der Waals surface area contributed by atoms with Gasteiger partial charge >= 0.3 is 0 Å². The molecule has 17 heavy (non-hydrogen) atoms. The van der Waals surface area contributed by atoms with Crippen molar-refractivity contribution < 1.29 is 13.2 Å². The van der Waals surface area contributed by atoms with E-state index < -0.39 is 9.84 Å². The molecular weight excluding hydrogens is 238 g/mol. The van der Waals surface area contributed by atoms with Crippen LogP contribution in [0.2, 0.25) is 0 Å². The first kappa shape index (κ1) is 16.9. The van der Waals surface area contributed by atoms with Crippen molar-refractivity contribution in [2.45, 2.75) is 51.9 Å². The third kappa shape index (κ3) is 8.57. The van der Waals surface area contributed by atoms with Gasteiger partial charge in [-0.1, -0.05) is 6.92 Å². The molecule has 0 saturated heterocycles. The largest absolute Gasteiger partial charge is 0.379 e. The smallest absolute Gasteiger partial charge is 0.154 e. The van der Waals surface area contributed by atoms with Crippen molar-refractivity contribution in [3.8, 4) is 0 Å². The molecule has 0 fully saturated rings. The molecule has 1 atom stereocenters. The average molecular weight is 265 g/mol. The van der Waals surface area contributed by atoms with E-state index in [9.17, 15) is 8.42 Å². The summed E-state index contributed by atoms with van der Waals surface area (Å²) in [5.41, 5.74) is 0. The number of nitrogens with one attached hydrogen (secondary N) is 1. The van der Waals surface area contributed by atoms with Crippen LogP contribution in [0, 0.1) is 0 Å². The molecule has 0 aromatic carbocycles. The van der Waals surface area contributed by atoms with E-state index in [1.807, 2.05) is 20.8 Å². The summed E-state index contributed by atoms with van der Waals surface area (Å²) in [5.74, 6) is 0.229. The Morgan fingerprint density at radius 1 is 1.18 bits per heavy atom. The van der Waals surface area contributed by atoms with Crippen LogP contribution in [-0.2, 0) is 14.6 Å². The van der Waals surface area contributed by atoms with Gasteiger partial charge in [0.1, 0.15) is 0 Å². The van der Waals surface area contributed by atoms with Gasteiger partial charge in [-0.3, -0.25) is 0 Å². The van der Waals surface area contributed by atoms with E-state index in [2.05, 4.69) is 5.32 Å². The average Bonchev–Trinajstić information content (AvgIpc) is 2.26. The van der Waals surface area contributed by atoms with Crippen molar-refractivity contribution in [3.05, 3.63) is 0 Å². The van der Waals surface area contributed by atoms with Crippen molar-refractivity contribution in [2.24, 2.45) is 0 Å². The second-order valence-corrected chi connectivity index (χ2v) is 7.15. The lowest BCUT2D eigenvalue weighted by Crippen LogP contribution is -2.29. The number of hydrogen-bond donors (Lipinski definition) is 1. The summed E-state index contributed by atoms with van der Waals surface area (Å²) in [6, 6.07) is 0. The SMILES string of the molecule is CCC(C)S(=O)(=O)CCNCCCOC(C)C. The fourth-order valence-electron chi connectivity index (χ4n) is 1.31.